The largest absolute Gasteiger partial charge is 0.493 e. The lowest BCUT2D eigenvalue weighted by molar-refractivity contribution is 0.0919. The van der Waals surface area contributed by atoms with Gasteiger partial charge in [-0.1, -0.05) is 24.3 Å². The van der Waals surface area contributed by atoms with Gasteiger partial charge in [0.05, 0.1) is 31.0 Å². The zero-order valence-corrected chi connectivity index (χ0v) is 14.3. The third-order valence-electron chi connectivity index (χ3n) is 3.97. The second kappa shape index (κ2) is 7.85. The number of aromatic nitrogens is 2. The van der Waals surface area contributed by atoms with Crippen LogP contribution in [-0.4, -0.2) is 34.5 Å². The molecule has 0 aliphatic carbocycles. The van der Waals surface area contributed by atoms with Crippen molar-refractivity contribution in [1.29, 1.82) is 0 Å². The van der Waals surface area contributed by atoms with Gasteiger partial charge in [-0.25, -0.2) is 4.98 Å². The number of aliphatic hydroxyl groups is 1. The molecule has 0 fully saturated rings. The number of fused-ring (bicyclic) bond motifs is 1. The summed E-state index contributed by atoms with van der Waals surface area (Å²) in [5.74, 6) is 1.27. The maximum Gasteiger partial charge on any atom is 0.161 e. The molecule has 0 saturated carbocycles. The highest BCUT2D eigenvalue weighted by Gasteiger charge is 2.11. The molecule has 1 unspecified atom stereocenters. The van der Waals surface area contributed by atoms with E-state index in [1.54, 1.807) is 13.4 Å². The van der Waals surface area contributed by atoms with Gasteiger partial charge in [-0.15, -0.1) is 6.58 Å². The van der Waals surface area contributed by atoms with Crippen molar-refractivity contribution in [3.05, 3.63) is 67.0 Å². The van der Waals surface area contributed by atoms with Gasteiger partial charge < -0.3 is 19.1 Å². The van der Waals surface area contributed by atoms with E-state index in [1.807, 2.05) is 53.1 Å². The first-order chi connectivity index (χ1) is 12.2. The van der Waals surface area contributed by atoms with Gasteiger partial charge in [0.2, 0.25) is 0 Å². The maximum atomic E-state index is 10.3. The van der Waals surface area contributed by atoms with Crippen molar-refractivity contribution < 1.29 is 14.6 Å². The summed E-state index contributed by atoms with van der Waals surface area (Å²) in [6.45, 7) is 4.32. The average Bonchev–Trinajstić information content (AvgIpc) is 3.04. The van der Waals surface area contributed by atoms with E-state index in [-0.39, 0.29) is 6.61 Å². The second-order valence-corrected chi connectivity index (χ2v) is 5.83. The van der Waals surface area contributed by atoms with Crippen LogP contribution in [-0.2, 0) is 13.0 Å². The van der Waals surface area contributed by atoms with Gasteiger partial charge >= 0.3 is 0 Å². The Morgan fingerprint density at radius 1 is 1.24 bits per heavy atom. The van der Waals surface area contributed by atoms with E-state index in [0.717, 1.165) is 23.0 Å². The first-order valence-electron chi connectivity index (χ1n) is 8.20. The van der Waals surface area contributed by atoms with E-state index in [4.69, 9.17) is 9.47 Å². The molecule has 1 atom stereocenters. The molecule has 3 rings (SSSR count). The predicted octanol–water partition coefficient (Wildman–Crippen LogP) is 3.21. The lowest BCUT2D eigenvalue weighted by Gasteiger charge is -2.16. The number of benzene rings is 2. The van der Waals surface area contributed by atoms with Gasteiger partial charge in [0.25, 0.3) is 0 Å². The van der Waals surface area contributed by atoms with Crippen LogP contribution in [0.5, 0.6) is 11.5 Å². The minimum absolute atomic E-state index is 0.170. The summed E-state index contributed by atoms with van der Waals surface area (Å²) in [6.07, 6.45) is 3.69. The van der Waals surface area contributed by atoms with Crippen LogP contribution in [0.4, 0.5) is 0 Å². The van der Waals surface area contributed by atoms with Gasteiger partial charge in [-0.2, -0.15) is 0 Å². The first kappa shape index (κ1) is 17.0. The Morgan fingerprint density at radius 3 is 2.88 bits per heavy atom. The molecule has 5 heteroatoms. The number of ether oxygens (including phenoxy) is 2. The molecule has 0 amide bonds. The molecule has 0 radical (unpaired) electrons. The Labute approximate surface area is 147 Å². The molecule has 5 nitrogen and oxygen atoms in total. The Morgan fingerprint density at radius 2 is 2.08 bits per heavy atom. The minimum Gasteiger partial charge on any atom is -0.493 e. The quantitative estimate of drug-likeness (QED) is 0.641. The van der Waals surface area contributed by atoms with Crippen LogP contribution < -0.4 is 9.47 Å². The molecule has 1 aromatic heterocycles. The molecule has 0 aliphatic heterocycles. The van der Waals surface area contributed by atoms with Crippen molar-refractivity contribution in [1.82, 2.24) is 9.55 Å². The van der Waals surface area contributed by atoms with Crippen molar-refractivity contribution in [3.8, 4) is 11.5 Å². The lowest BCUT2D eigenvalue weighted by atomic mass is 10.1. The van der Waals surface area contributed by atoms with Gasteiger partial charge in [0.1, 0.15) is 12.7 Å². The number of aliphatic hydroxyl groups excluding tert-OH is 1. The molecule has 130 valence electrons. The molecule has 0 bridgehead atoms. The molecule has 3 aromatic rings. The van der Waals surface area contributed by atoms with Crippen molar-refractivity contribution in [3.63, 3.8) is 0 Å². The van der Waals surface area contributed by atoms with E-state index >= 15 is 0 Å². The topological polar surface area (TPSA) is 56.5 Å². The smallest absolute Gasteiger partial charge is 0.161 e. The van der Waals surface area contributed by atoms with Gasteiger partial charge in [0.15, 0.2) is 11.5 Å². The molecule has 2 aromatic carbocycles. The van der Waals surface area contributed by atoms with E-state index in [1.165, 1.54) is 0 Å². The summed E-state index contributed by atoms with van der Waals surface area (Å²) in [4.78, 5) is 4.33. The normalized spacial score (nSPS) is 12.1. The summed E-state index contributed by atoms with van der Waals surface area (Å²) in [5.41, 5.74) is 3.01. The van der Waals surface area contributed by atoms with Gasteiger partial charge in [0, 0.05) is 0 Å². The molecule has 0 spiro atoms. The van der Waals surface area contributed by atoms with Crippen LogP contribution >= 0.6 is 0 Å². The van der Waals surface area contributed by atoms with Crippen LogP contribution in [0.2, 0.25) is 0 Å². The standard InChI is InChI=1S/C20H22N2O3/c1-3-6-15-9-10-19(20(11-15)24-2)25-13-16(23)12-22-14-21-17-7-4-5-8-18(17)22/h3-5,7-11,14,16,23H,1,6,12-13H2,2H3. The van der Waals surface area contributed by atoms with Gasteiger partial charge in [-0.05, 0) is 36.2 Å². The van der Waals surface area contributed by atoms with E-state index in [0.29, 0.717) is 18.0 Å². The highest BCUT2D eigenvalue weighted by molar-refractivity contribution is 5.74. The van der Waals surface area contributed by atoms with Crippen molar-refractivity contribution in [2.45, 2.75) is 19.1 Å². The number of allylic oxidation sites excluding steroid dienone is 1. The summed E-state index contributed by atoms with van der Waals surface area (Å²) in [7, 11) is 1.61. The third kappa shape index (κ3) is 4.00. The van der Waals surface area contributed by atoms with Crippen LogP contribution in [0.1, 0.15) is 5.56 Å². The first-order valence-corrected chi connectivity index (χ1v) is 8.20. The van der Waals surface area contributed by atoms with Crippen molar-refractivity contribution in [2.75, 3.05) is 13.7 Å². The number of hydrogen-bond donors (Lipinski definition) is 1. The average molecular weight is 338 g/mol. The van der Waals surface area contributed by atoms with Crippen molar-refractivity contribution >= 4 is 11.0 Å². The van der Waals surface area contributed by atoms with Gasteiger partial charge in [-0.3, -0.25) is 0 Å². The Bertz CT molecular complexity index is 857. The predicted molar refractivity (Wildman–Crippen MR) is 98.1 cm³/mol. The van der Waals surface area contributed by atoms with E-state index in [9.17, 15) is 5.11 Å². The highest BCUT2D eigenvalue weighted by Crippen LogP contribution is 2.28. The minimum atomic E-state index is -0.657. The second-order valence-electron chi connectivity index (χ2n) is 5.83. The summed E-state index contributed by atoms with van der Waals surface area (Å²) in [5, 5.41) is 10.3. The Kier molecular flexibility index (Phi) is 5.36. The number of imidazole rings is 1. The Balaban J connectivity index is 1.64. The lowest BCUT2D eigenvalue weighted by Crippen LogP contribution is -2.23. The highest BCUT2D eigenvalue weighted by atomic mass is 16.5. The number of nitrogens with zero attached hydrogens (tertiary/aromatic N) is 2. The maximum absolute atomic E-state index is 10.3. The van der Waals surface area contributed by atoms with Crippen LogP contribution in [0.25, 0.3) is 11.0 Å². The number of hydrogen-bond acceptors (Lipinski definition) is 4. The summed E-state index contributed by atoms with van der Waals surface area (Å²) in [6, 6.07) is 13.6. The number of para-hydroxylation sites is 2. The summed E-state index contributed by atoms with van der Waals surface area (Å²) < 4.78 is 13.0. The van der Waals surface area contributed by atoms with Crippen LogP contribution in [0.3, 0.4) is 0 Å². The monoisotopic (exact) mass is 338 g/mol. The van der Waals surface area contributed by atoms with E-state index < -0.39 is 6.10 Å². The molecule has 1 N–H and O–H groups in total. The molecular weight excluding hydrogens is 316 g/mol. The molecule has 1 heterocycles. The molecule has 25 heavy (non-hydrogen) atoms. The third-order valence-corrected chi connectivity index (χ3v) is 3.97. The molecular formula is C20H22N2O3. The fraction of sp³-hybridized carbons (Fsp3) is 0.250. The van der Waals surface area contributed by atoms with Crippen LogP contribution in [0, 0.1) is 0 Å². The Hall–Kier alpha value is -2.79. The van der Waals surface area contributed by atoms with Crippen LogP contribution in [0.15, 0.2) is 61.4 Å². The fourth-order valence-electron chi connectivity index (χ4n) is 2.75. The summed E-state index contributed by atoms with van der Waals surface area (Å²) >= 11 is 0. The zero-order chi connectivity index (χ0) is 17.6. The fourth-order valence-corrected chi connectivity index (χ4v) is 2.75. The SMILES string of the molecule is C=CCc1ccc(OCC(O)Cn2cnc3ccccc32)c(OC)c1. The number of rotatable bonds is 8. The zero-order valence-electron chi connectivity index (χ0n) is 14.3. The number of methoxy groups -OCH3 is 1. The molecule has 0 saturated heterocycles. The van der Waals surface area contributed by atoms with E-state index in [2.05, 4.69) is 11.6 Å². The van der Waals surface area contributed by atoms with Crippen molar-refractivity contribution in [2.24, 2.45) is 0 Å². The molecule has 0 aliphatic rings.